The van der Waals surface area contributed by atoms with Gasteiger partial charge in [0.25, 0.3) is 0 Å². The Bertz CT molecular complexity index is 951. The van der Waals surface area contributed by atoms with E-state index in [4.69, 9.17) is 0 Å². The summed E-state index contributed by atoms with van der Waals surface area (Å²) in [5, 5.41) is 9.81. The summed E-state index contributed by atoms with van der Waals surface area (Å²) in [6.45, 7) is 23.0. The van der Waals surface area contributed by atoms with Crippen LogP contribution in [-0.2, 0) is 12.8 Å². The van der Waals surface area contributed by atoms with Gasteiger partial charge in [-0.25, -0.2) is 0 Å². The zero-order valence-electron chi connectivity index (χ0n) is 23.3. The smallest absolute Gasteiger partial charge is 0.111 e. The molecule has 0 bridgehead atoms. The highest BCUT2D eigenvalue weighted by Gasteiger charge is 2.32. The summed E-state index contributed by atoms with van der Waals surface area (Å²) >= 11 is 0. The number of aliphatic hydroxyl groups excluding tert-OH is 1. The van der Waals surface area contributed by atoms with E-state index >= 15 is 0 Å². The first-order valence-electron chi connectivity index (χ1n) is 13.3. The molecule has 2 heteroatoms. The third-order valence-electron chi connectivity index (χ3n) is 6.19. The monoisotopic (exact) mass is 463 g/mol. The van der Waals surface area contributed by atoms with Gasteiger partial charge in [0, 0.05) is 17.8 Å². The minimum absolute atomic E-state index is 0.177. The molecular weight excluding hydrogens is 414 g/mol. The lowest BCUT2D eigenvalue weighted by molar-refractivity contribution is 0.215. The number of aromatic nitrogens is 1. The first-order chi connectivity index (χ1) is 16.3. The fourth-order valence-electron chi connectivity index (χ4n) is 4.48. The highest BCUT2D eigenvalue weighted by Crippen LogP contribution is 2.42. The molecule has 0 saturated carbocycles. The van der Waals surface area contributed by atoms with Crippen LogP contribution in [0.1, 0.15) is 92.8 Å². The van der Waals surface area contributed by atoms with Gasteiger partial charge in [0.15, 0.2) is 0 Å². The highest BCUT2D eigenvalue weighted by atomic mass is 16.3. The third-order valence-corrected chi connectivity index (χ3v) is 6.19. The molecule has 2 aromatic rings. The normalized spacial score (nSPS) is 16.3. The first kappa shape index (κ1) is 29.6. The summed E-state index contributed by atoms with van der Waals surface area (Å²) in [5.41, 5.74) is 7.92. The fourth-order valence-corrected chi connectivity index (χ4v) is 4.48. The van der Waals surface area contributed by atoms with Gasteiger partial charge >= 0.3 is 0 Å². The Labute approximate surface area is 210 Å². The van der Waals surface area contributed by atoms with Crippen LogP contribution < -0.4 is 0 Å². The molecule has 4 rings (SSSR count). The second kappa shape index (κ2) is 14.0. The van der Waals surface area contributed by atoms with E-state index in [2.05, 4.69) is 88.2 Å². The Kier molecular flexibility index (Phi) is 12.2. The van der Waals surface area contributed by atoms with E-state index in [0.29, 0.717) is 11.3 Å². The lowest BCUT2D eigenvalue weighted by atomic mass is 9.72. The molecule has 2 aliphatic rings. The van der Waals surface area contributed by atoms with Crippen molar-refractivity contribution in [1.29, 1.82) is 0 Å². The van der Waals surface area contributed by atoms with Crippen LogP contribution in [0.25, 0.3) is 17.0 Å². The van der Waals surface area contributed by atoms with Gasteiger partial charge in [-0.2, -0.15) is 0 Å². The van der Waals surface area contributed by atoms with Crippen LogP contribution in [0, 0.1) is 11.3 Å². The Morgan fingerprint density at radius 3 is 2.12 bits per heavy atom. The molecule has 188 valence electrons. The average Bonchev–Trinajstić information content (AvgIpc) is 3.47. The fraction of sp³-hybridized carbons (Fsp3) is 0.500. The number of hydrogen-bond donors (Lipinski definition) is 1. The Hall–Kier alpha value is -2.48. The molecule has 1 N–H and O–H groups in total. The zero-order valence-corrected chi connectivity index (χ0v) is 23.3. The number of nitrogens with zero attached hydrogens (tertiary/aromatic N) is 1. The van der Waals surface area contributed by atoms with Crippen molar-refractivity contribution in [1.82, 2.24) is 4.57 Å². The van der Waals surface area contributed by atoms with E-state index in [1.165, 1.54) is 41.1 Å². The standard InChI is InChI=1S/C25H29NO.C3H8.2C2H6/c1-17(27)19-10-12-22(15-19)26-23-13-11-21(25(2,3)4)14-20(23)16-24(26)18-8-6-5-7-9-18;1-3-2;2*1-2/h5-10,12,16,21,27H,1,11,13-15H2,2-4H3;3H2,1-2H3;2*1-2H3. The SMILES string of the molecule is C=C(O)C1=CC=C(n2c(-c3ccccc3)cc3c2CCC(C(C)(C)C)C3)C1.CC.CC.CCC. The summed E-state index contributed by atoms with van der Waals surface area (Å²) in [7, 11) is 0. The molecule has 34 heavy (non-hydrogen) atoms. The van der Waals surface area contributed by atoms with Crippen LogP contribution in [-0.4, -0.2) is 9.67 Å². The van der Waals surface area contributed by atoms with E-state index in [9.17, 15) is 5.11 Å². The second-order valence-electron chi connectivity index (χ2n) is 9.69. The largest absolute Gasteiger partial charge is 0.508 e. The maximum atomic E-state index is 9.81. The van der Waals surface area contributed by atoms with Crippen molar-refractivity contribution in [2.75, 3.05) is 0 Å². The van der Waals surface area contributed by atoms with E-state index in [1.807, 2.05) is 33.8 Å². The van der Waals surface area contributed by atoms with E-state index in [-0.39, 0.29) is 5.76 Å². The zero-order chi connectivity index (χ0) is 25.9. The van der Waals surface area contributed by atoms with Crippen molar-refractivity contribution in [3.8, 4) is 11.3 Å². The van der Waals surface area contributed by atoms with Crippen molar-refractivity contribution >= 4 is 5.70 Å². The summed E-state index contributed by atoms with van der Waals surface area (Å²) in [5.74, 6) is 0.893. The van der Waals surface area contributed by atoms with Gasteiger partial charge in [-0.1, -0.05) is 112 Å². The van der Waals surface area contributed by atoms with Crippen molar-refractivity contribution in [3.63, 3.8) is 0 Å². The van der Waals surface area contributed by atoms with Crippen LogP contribution in [0.2, 0.25) is 0 Å². The van der Waals surface area contributed by atoms with Gasteiger partial charge in [-0.05, 0) is 59.4 Å². The molecule has 1 unspecified atom stereocenters. The van der Waals surface area contributed by atoms with Crippen molar-refractivity contribution in [2.45, 2.75) is 94.4 Å². The van der Waals surface area contributed by atoms with Gasteiger partial charge < -0.3 is 9.67 Å². The Morgan fingerprint density at radius 1 is 1.03 bits per heavy atom. The lowest BCUT2D eigenvalue weighted by Gasteiger charge is -2.34. The van der Waals surface area contributed by atoms with Gasteiger partial charge in [0.05, 0.1) is 5.69 Å². The van der Waals surface area contributed by atoms with Crippen LogP contribution in [0.4, 0.5) is 0 Å². The summed E-state index contributed by atoms with van der Waals surface area (Å²) in [4.78, 5) is 0. The van der Waals surface area contributed by atoms with Crippen LogP contribution in [0.5, 0.6) is 0 Å². The molecule has 0 aliphatic heterocycles. The molecule has 0 radical (unpaired) electrons. The van der Waals surface area contributed by atoms with Gasteiger partial charge in [-0.15, -0.1) is 0 Å². The molecule has 0 fully saturated rings. The Balaban J connectivity index is 0.000000750. The van der Waals surface area contributed by atoms with Gasteiger partial charge in [0.1, 0.15) is 5.76 Å². The molecule has 0 spiro atoms. The second-order valence-corrected chi connectivity index (χ2v) is 9.69. The molecule has 0 saturated heterocycles. The molecule has 1 atom stereocenters. The lowest BCUT2D eigenvalue weighted by Crippen LogP contribution is -2.27. The Morgan fingerprint density at radius 2 is 1.62 bits per heavy atom. The quantitative estimate of drug-likeness (QED) is 0.450. The summed E-state index contributed by atoms with van der Waals surface area (Å²) < 4.78 is 2.44. The average molecular weight is 464 g/mol. The minimum atomic E-state index is 0.177. The van der Waals surface area contributed by atoms with Crippen molar-refractivity contribution < 1.29 is 5.11 Å². The minimum Gasteiger partial charge on any atom is -0.508 e. The molecule has 2 aliphatic carbocycles. The number of fused-ring (bicyclic) bond motifs is 1. The van der Waals surface area contributed by atoms with Gasteiger partial charge in [0.2, 0.25) is 0 Å². The van der Waals surface area contributed by atoms with E-state index in [0.717, 1.165) is 24.8 Å². The number of allylic oxidation sites excluding steroid dienone is 4. The molecular formula is C32H49NO. The van der Waals surface area contributed by atoms with Crippen LogP contribution in [0.3, 0.4) is 0 Å². The van der Waals surface area contributed by atoms with Crippen LogP contribution >= 0.6 is 0 Å². The highest BCUT2D eigenvalue weighted by molar-refractivity contribution is 5.72. The van der Waals surface area contributed by atoms with Crippen molar-refractivity contribution in [2.24, 2.45) is 11.3 Å². The maximum absolute atomic E-state index is 9.81. The number of hydrogen-bond acceptors (Lipinski definition) is 1. The van der Waals surface area contributed by atoms with Crippen LogP contribution in [0.15, 0.2) is 66.5 Å². The maximum Gasteiger partial charge on any atom is 0.111 e. The summed E-state index contributed by atoms with van der Waals surface area (Å²) in [6, 6.07) is 13.0. The van der Waals surface area contributed by atoms with E-state index < -0.39 is 0 Å². The third kappa shape index (κ3) is 7.26. The topological polar surface area (TPSA) is 25.2 Å². The van der Waals surface area contributed by atoms with Gasteiger partial charge in [-0.3, -0.25) is 0 Å². The molecule has 1 aromatic carbocycles. The summed E-state index contributed by atoms with van der Waals surface area (Å²) in [6.07, 6.45) is 9.61. The predicted octanol–water partition coefficient (Wildman–Crippen LogP) is 10.0. The predicted molar refractivity (Wildman–Crippen MR) is 152 cm³/mol. The number of aliphatic hydroxyl groups is 1. The van der Waals surface area contributed by atoms with E-state index in [1.54, 1.807) is 0 Å². The molecule has 1 heterocycles. The first-order valence-corrected chi connectivity index (χ1v) is 13.3. The number of rotatable bonds is 3. The molecule has 2 nitrogen and oxygen atoms in total. The molecule has 0 amide bonds. The van der Waals surface area contributed by atoms with Crippen molar-refractivity contribution in [3.05, 3.63) is 77.7 Å². The number of benzene rings is 1. The molecule has 1 aromatic heterocycles.